The van der Waals surface area contributed by atoms with E-state index in [4.69, 9.17) is 18.0 Å². The first-order valence-electron chi connectivity index (χ1n) is 6.96. The van der Waals surface area contributed by atoms with Crippen LogP contribution in [-0.2, 0) is 0 Å². The van der Waals surface area contributed by atoms with Crippen LogP contribution in [0.15, 0.2) is 18.2 Å². The molecule has 20 heavy (non-hydrogen) atoms. The van der Waals surface area contributed by atoms with Crippen molar-refractivity contribution in [2.75, 3.05) is 13.1 Å². The van der Waals surface area contributed by atoms with Crippen LogP contribution in [0.1, 0.15) is 41.8 Å². The van der Waals surface area contributed by atoms with E-state index >= 15 is 0 Å². The maximum Gasteiger partial charge on any atom is 0.254 e. The third-order valence-electron chi connectivity index (χ3n) is 3.20. The molecule has 3 nitrogen and oxygen atoms in total. The fraction of sp³-hybridized carbons (Fsp3) is 0.500. The second kappa shape index (κ2) is 7.39. The highest BCUT2D eigenvalue weighted by atomic mass is 32.1. The van der Waals surface area contributed by atoms with Gasteiger partial charge in [0.2, 0.25) is 0 Å². The summed E-state index contributed by atoms with van der Waals surface area (Å²) in [5.74, 6) is 0.486. The molecule has 1 amide bonds. The van der Waals surface area contributed by atoms with Crippen molar-refractivity contribution in [3.63, 3.8) is 0 Å². The molecule has 2 N–H and O–H groups in total. The van der Waals surface area contributed by atoms with Gasteiger partial charge in [0.15, 0.2) is 0 Å². The second-order valence-corrected chi connectivity index (χ2v) is 6.15. The van der Waals surface area contributed by atoms with E-state index in [9.17, 15) is 4.79 Å². The van der Waals surface area contributed by atoms with Crippen LogP contribution in [0.3, 0.4) is 0 Å². The van der Waals surface area contributed by atoms with Gasteiger partial charge in [0.25, 0.3) is 5.91 Å². The molecule has 0 fully saturated rings. The first-order chi connectivity index (χ1) is 9.32. The Morgan fingerprint density at radius 3 is 2.30 bits per heavy atom. The summed E-state index contributed by atoms with van der Waals surface area (Å²) in [5.41, 5.74) is 8.39. The van der Waals surface area contributed by atoms with E-state index in [-0.39, 0.29) is 5.91 Å². The first kappa shape index (κ1) is 16.6. The van der Waals surface area contributed by atoms with Crippen molar-refractivity contribution in [2.24, 2.45) is 11.7 Å². The van der Waals surface area contributed by atoms with Gasteiger partial charge in [0.1, 0.15) is 0 Å². The zero-order chi connectivity index (χ0) is 15.3. The molecule has 0 unspecified atom stereocenters. The van der Waals surface area contributed by atoms with Gasteiger partial charge in [0.05, 0.1) is 4.99 Å². The van der Waals surface area contributed by atoms with E-state index in [1.807, 2.05) is 36.9 Å². The Bertz CT molecular complexity index is 477. The molecule has 0 bridgehead atoms. The van der Waals surface area contributed by atoms with Crippen molar-refractivity contribution in [3.8, 4) is 0 Å². The zero-order valence-corrected chi connectivity index (χ0v) is 13.6. The minimum absolute atomic E-state index is 0.0746. The molecule has 0 aliphatic carbocycles. The van der Waals surface area contributed by atoms with Gasteiger partial charge >= 0.3 is 0 Å². The lowest BCUT2D eigenvalue weighted by Crippen LogP contribution is -2.37. The van der Waals surface area contributed by atoms with Gasteiger partial charge < -0.3 is 10.6 Å². The molecule has 0 aliphatic heterocycles. The van der Waals surface area contributed by atoms with Crippen LogP contribution in [0.4, 0.5) is 0 Å². The van der Waals surface area contributed by atoms with Crippen LogP contribution in [-0.4, -0.2) is 28.9 Å². The predicted octanol–water partition coefficient (Wildman–Crippen LogP) is 3.08. The van der Waals surface area contributed by atoms with Crippen LogP contribution >= 0.6 is 12.2 Å². The normalized spacial score (nSPS) is 10.7. The third-order valence-corrected chi connectivity index (χ3v) is 3.40. The average molecular weight is 292 g/mol. The maximum absolute atomic E-state index is 12.8. The number of benzene rings is 1. The summed E-state index contributed by atoms with van der Waals surface area (Å²) in [5, 5.41) is 0. The zero-order valence-electron chi connectivity index (χ0n) is 12.8. The van der Waals surface area contributed by atoms with Gasteiger partial charge in [-0.05, 0) is 30.9 Å². The molecule has 0 aliphatic rings. The molecule has 110 valence electrons. The number of amides is 1. The Hall–Kier alpha value is -1.42. The molecule has 0 atom stereocenters. The SMILES string of the molecule is Cc1cccc(C)c1C(=O)N(CCC(N)=S)CC(C)C. The van der Waals surface area contributed by atoms with Crippen LogP contribution in [0.2, 0.25) is 0 Å². The van der Waals surface area contributed by atoms with E-state index in [0.717, 1.165) is 23.2 Å². The largest absolute Gasteiger partial charge is 0.393 e. The predicted molar refractivity (Wildman–Crippen MR) is 88.1 cm³/mol. The molecular weight excluding hydrogens is 268 g/mol. The highest BCUT2D eigenvalue weighted by Crippen LogP contribution is 2.17. The number of thiocarbonyl (C=S) groups is 1. The third kappa shape index (κ3) is 4.60. The monoisotopic (exact) mass is 292 g/mol. The summed E-state index contributed by atoms with van der Waals surface area (Å²) in [7, 11) is 0. The van der Waals surface area contributed by atoms with Crippen molar-refractivity contribution in [2.45, 2.75) is 34.1 Å². The minimum atomic E-state index is 0.0746. The van der Waals surface area contributed by atoms with E-state index < -0.39 is 0 Å². The lowest BCUT2D eigenvalue weighted by molar-refractivity contribution is 0.0739. The summed E-state index contributed by atoms with van der Waals surface area (Å²) >= 11 is 4.92. The molecule has 1 rings (SSSR count). The number of rotatable bonds is 6. The van der Waals surface area contributed by atoms with E-state index in [2.05, 4.69) is 13.8 Å². The standard InChI is InChI=1S/C16H24N2OS/c1-11(2)10-18(9-8-14(17)20)16(19)15-12(3)6-5-7-13(15)4/h5-7,11H,8-10H2,1-4H3,(H2,17,20). The van der Waals surface area contributed by atoms with Crippen molar-refractivity contribution in [1.29, 1.82) is 0 Å². The highest BCUT2D eigenvalue weighted by Gasteiger charge is 2.20. The van der Waals surface area contributed by atoms with Crippen molar-refractivity contribution < 1.29 is 4.79 Å². The highest BCUT2D eigenvalue weighted by molar-refractivity contribution is 7.80. The number of hydrogen-bond acceptors (Lipinski definition) is 2. The van der Waals surface area contributed by atoms with E-state index in [1.54, 1.807) is 0 Å². The number of carbonyl (C=O) groups is 1. The quantitative estimate of drug-likeness (QED) is 0.820. The number of nitrogens with zero attached hydrogens (tertiary/aromatic N) is 1. The second-order valence-electron chi connectivity index (χ2n) is 5.63. The molecule has 4 heteroatoms. The Morgan fingerprint density at radius 1 is 1.30 bits per heavy atom. The maximum atomic E-state index is 12.8. The molecule has 1 aromatic carbocycles. The van der Waals surface area contributed by atoms with Gasteiger partial charge in [-0.1, -0.05) is 44.3 Å². The number of aryl methyl sites for hydroxylation is 2. The minimum Gasteiger partial charge on any atom is -0.393 e. The Morgan fingerprint density at radius 2 is 1.85 bits per heavy atom. The van der Waals surface area contributed by atoms with E-state index in [0.29, 0.717) is 23.9 Å². The smallest absolute Gasteiger partial charge is 0.254 e. The Kier molecular flexibility index (Phi) is 6.14. The van der Waals surface area contributed by atoms with Gasteiger partial charge in [-0.2, -0.15) is 0 Å². The molecule has 0 radical (unpaired) electrons. The lowest BCUT2D eigenvalue weighted by Gasteiger charge is -2.26. The summed E-state index contributed by atoms with van der Waals surface area (Å²) in [6, 6.07) is 5.92. The molecule has 0 aromatic heterocycles. The Labute approximate surface area is 127 Å². The first-order valence-corrected chi connectivity index (χ1v) is 7.37. The fourth-order valence-corrected chi connectivity index (χ4v) is 2.36. The van der Waals surface area contributed by atoms with Gasteiger partial charge in [0, 0.05) is 25.1 Å². The van der Waals surface area contributed by atoms with Gasteiger partial charge in [-0.3, -0.25) is 4.79 Å². The van der Waals surface area contributed by atoms with Crippen molar-refractivity contribution >= 4 is 23.1 Å². The van der Waals surface area contributed by atoms with Gasteiger partial charge in [-0.15, -0.1) is 0 Å². The molecule has 0 heterocycles. The fourth-order valence-electron chi connectivity index (χ4n) is 2.27. The van der Waals surface area contributed by atoms with Crippen molar-refractivity contribution in [1.82, 2.24) is 4.90 Å². The summed E-state index contributed by atoms with van der Waals surface area (Å²) < 4.78 is 0. The van der Waals surface area contributed by atoms with Crippen molar-refractivity contribution in [3.05, 3.63) is 34.9 Å². The van der Waals surface area contributed by atoms with Crippen LogP contribution in [0, 0.1) is 19.8 Å². The van der Waals surface area contributed by atoms with E-state index in [1.165, 1.54) is 0 Å². The van der Waals surface area contributed by atoms with Crippen LogP contribution in [0.25, 0.3) is 0 Å². The summed E-state index contributed by atoms with van der Waals surface area (Å²) in [6.45, 7) is 9.45. The van der Waals surface area contributed by atoms with Gasteiger partial charge in [-0.25, -0.2) is 0 Å². The molecule has 0 spiro atoms. The molecule has 0 saturated heterocycles. The molecule has 0 saturated carbocycles. The average Bonchev–Trinajstić information content (AvgIpc) is 2.33. The van der Waals surface area contributed by atoms with Crippen LogP contribution < -0.4 is 5.73 Å². The number of hydrogen-bond donors (Lipinski definition) is 1. The Balaban J connectivity index is 3.00. The molecular formula is C16H24N2OS. The van der Waals surface area contributed by atoms with Crippen LogP contribution in [0.5, 0.6) is 0 Å². The topological polar surface area (TPSA) is 46.3 Å². The summed E-state index contributed by atoms with van der Waals surface area (Å²) in [4.78, 5) is 15.1. The number of carbonyl (C=O) groups excluding carboxylic acids is 1. The molecule has 1 aromatic rings. The lowest BCUT2D eigenvalue weighted by atomic mass is 10.0. The summed E-state index contributed by atoms with van der Waals surface area (Å²) in [6.07, 6.45) is 0.568. The number of nitrogens with two attached hydrogens (primary N) is 1.